The molecule has 0 heterocycles. The molecule has 0 atom stereocenters. The Kier molecular flexibility index (Phi) is 5.46. The first kappa shape index (κ1) is 13.2. The molecule has 90 valence electrons. The van der Waals surface area contributed by atoms with Crippen LogP contribution in [0.1, 0.15) is 26.7 Å². The van der Waals surface area contributed by atoms with Gasteiger partial charge in [-0.2, -0.15) is 0 Å². The van der Waals surface area contributed by atoms with Crippen LogP contribution in [-0.2, 0) is 0 Å². The van der Waals surface area contributed by atoms with E-state index in [0.717, 1.165) is 23.5 Å². The van der Waals surface area contributed by atoms with Crippen LogP contribution in [-0.4, -0.2) is 12.4 Å². The summed E-state index contributed by atoms with van der Waals surface area (Å²) < 4.78 is 18.8. The minimum absolute atomic E-state index is 0.301. The largest absolute Gasteiger partial charge is 0.490 e. The second-order valence-electron chi connectivity index (χ2n) is 3.52. The fourth-order valence-corrected chi connectivity index (χ4v) is 2.05. The average molecular weight is 243 g/mol. The van der Waals surface area contributed by atoms with Crippen molar-refractivity contribution in [3.63, 3.8) is 0 Å². The minimum atomic E-state index is -0.383. The summed E-state index contributed by atoms with van der Waals surface area (Å²) in [4.78, 5) is 0.898. The fourth-order valence-electron chi connectivity index (χ4n) is 1.21. The second kappa shape index (κ2) is 6.63. The molecule has 0 saturated heterocycles. The van der Waals surface area contributed by atoms with Gasteiger partial charge in [-0.15, -0.1) is 11.8 Å². The van der Waals surface area contributed by atoms with Crippen molar-refractivity contribution < 1.29 is 9.13 Å². The van der Waals surface area contributed by atoms with E-state index in [-0.39, 0.29) is 5.82 Å². The Labute approximate surface area is 100 Å². The Hall–Kier alpha value is -0.900. The van der Waals surface area contributed by atoms with Crippen LogP contribution in [0, 0.1) is 5.82 Å². The van der Waals surface area contributed by atoms with E-state index in [4.69, 9.17) is 10.5 Å². The summed E-state index contributed by atoms with van der Waals surface area (Å²) in [7, 11) is 0. The molecule has 0 unspecified atom stereocenters. The van der Waals surface area contributed by atoms with Crippen LogP contribution in [0.5, 0.6) is 5.75 Å². The lowest BCUT2D eigenvalue weighted by Gasteiger charge is -2.10. The number of hydrogen-bond acceptors (Lipinski definition) is 3. The van der Waals surface area contributed by atoms with Gasteiger partial charge in [0.25, 0.3) is 0 Å². The monoisotopic (exact) mass is 243 g/mol. The molecule has 2 nitrogen and oxygen atoms in total. The lowest BCUT2D eigenvalue weighted by atomic mass is 10.3. The molecule has 0 aromatic heterocycles. The Morgan fingerprint density at radius 2 is 2.06 bits per heavy atom. The Balaban J connectivity index is 2.83. The third-order valence-electron chi connectivity index (χ3n) is 1.99. The zero-order chi connectivity index (χ0) is 12.0. The van der Waals surface area contributed by atoms with Crippen molar-refractivity contribution in [3.05, 3.63) is 17.9 Å². The maximum Gasteiger partial charge on any atom is 0.167 e. The number of hydrogen-bond donors (Lipinski definition) is 1. The van der Waals surface area contributed by atoms with E-state index in [1.54, 1.807) is 17.8 Å². The number of benzene rings is 1. The van der Waals surface area contributed by atoms with Gasteiger partial charge in [0, 0.05) is 16.6 Å². The third-order valence-corrected chi connectivity index (χ3v) is 3.26. The molecule has 1 aromatic carbocycles. The normalized spacial score (nSPS) is 10.4. The highest BCUT2D eigenvalue weighted by Crippen LogP contribution is 2.31. The SMILES string of the molecule is CCCOc1cc(SCCC)c(N)cc1F. The molecule has 0 radical (unpaired) electrons. The van der Waals surface area contributed by atoms with Crippen LogP contribution < -0.4 is 10.5 Å². The maximum atomic E-state index is 13.5. The molecule has 0 spiro atoms. The van der Waals surface area contributed by atoms with Crippen LogP contribution in [0.15, 0.2) is 17.0 Å². The number of thioether (sulfide) groups is 1. The van der Waals surface area contributed by atoms with Gasteiger partial charge in [0.15, 0.2) is 11.6 Å². The number of halogens is 1. The van der Waals surface area contributed by atoms with Gasteiger partial charge >= 0.3 is 0 Å². The number of ether oxygens (including phenoxy) is 1. The quantitative estimate of drug-likeness (QED) is 0.611. The van der Waals surface area contributed by atoms with Gasteiger partial charge in [-0.3, -0.25) is 0 Å². The molecule has 0 aliphatic rings. The van der Waals surface area contributed by atoms with Crippen molar-refractivity contribution in [3.8, 4) is 5.75 Å². The molecule has 16 heavy (non-hydrogen) atoms. The van der Waals surface area contributed by atoms with Gasteiger partial charge < -0.3 is 10.5 Å². The highest BCUT2D eigenvalue weighted by molar-refractivity contribution is 7.99. The number of anilines is 1. The molecule has 1 aromatic rings. The van der Waals surface area contributed by atoms with Crippen molar-refractivity contribution in [2.45, 2.75) is 31.6 Å². The van der Waals surface area contributed by atoms with Crippen LogP contribution >= 0.6 is 11.8 Å². The van der Waals surface area contributed by atoms with Gasteiger partial charge in [-0.1, -0.05) is 13.8 Å². The van der Waals surface area contributed by atoms with E-state index in [9.17, 15) is 4.39 Å². The number of nitrogens with two attached hydrogens (primary N) is 1. The summed E-state index contributed by atoms with van der Waals surface area (Å²) in [5, 5.41) is 0. The molecule has 0 saturated carbocycles. The van der Waals surface area contributed by atoms with Crippen molar-refractivity contribution in [1.29, 1.82) is 0 Å². The van der Waals surface area contributed by atoms with Crippen molar-refractivity contribution in [2.24, 2.45) is 0 Å². The van der Waals surface area contributed by atoms with Crippen molar-refractivity contribution in [1.82, 2.24) is 0 Å². The van der Waals surface area contributed by atoms with Crippen LogP contribution in [0.2, 0.25) is 0 Å². The molecule has 0 aliphatic carbocycles. The van der Waals surface area contributed by atoms with Gasteiger partial charge in [0.2, 0.25) is 0 Å². The van der Waals surface area contributed by atoms with E-state index < -0.39 is 0 Å². The van der Waals surface area contributed by atoms with E-state index in [1.165, 1.54) is 6.07 Å². The Bertz CT molecular complexity index is 315. The first-order chi connectivity index (χ1) is 7.69. The smallest absolute Gasteiger partial charge is 0.167 e. The first-order valence-corrected chi connectivity index (χ1v) is 6.52. The zero-order valence-corrected chi connectivity index (χ0v) is 10.6. The molecular formula is C12H18FNOS. The Morgan fingerprint density at radius 3 is 2.69 bits per heavy atom. The highest BCUT2D eigenvalue weighted by atomic mass is 32.2. The third kappa shape index (κ3) is 3.59. The first-order valence-electron chi connectivity index (χ1n) is 5.53. The van der Waals surface area contributed by atoms with Crippen LogP contribution in [0.25, 0.3) is 0 Å². The molecule has 0 amide bonds. The topological polar surface area (TPSA) is 35.2 Å². The maximum absolute atomic E-state index is 13.5. The summed E-state index contributed by atoms with van der Waals surface area (Å²) in [6, 6.07) is 3.03. The van der Waals surface area contributed by atoms with E-state index >= 15 is 0 Å². The van der Waals surface area contributed by atoms with Crippen molar-refractivity contribution in [2.75, 3.05) is 18.1 Å². The summed E-state index contributed by atoms with van der Waals surface area (Å²) in [6.07, 6.45) is 1.92. The van der Waals surface area contributed by atoms with Crippen LogP contribution in [0.4, 0.5) is 10.1 Å². The zero-order valence-electron chi connectivity index (χ0n) is 9.75. The molecule has 0 aliphatic heterocycles. The van der Waals surface area contributed by atoms with E-state index in [1.807, 2.05) is 6.92 Å². The van der Waals surface area contributed by atoms with E-state index in [0.29, 0.717) is 18.0 Å². The molecular weight excluding hydrogens is 225 g/mol. The Morgan fingerprint density at radius 1 is 1.31 bits per heavy atom. The van der Waals surface area contributed by atoms with Gasteiger partial charge in [0.1, 0.15) is 0 Å². The summed E-state index contributed by atoms with van der Waals surface area (Å²) >= 11 is 1.63. The highest BCUT2D eigenvalue weighted by Gasteiger charge is 2.09. The minimum Gasteiger partial charge on any atom is -0.490 e. The lowest BCUT2D eigenvalue weighted by molar-refractivity contribution is 0.300. The summed E-state index contributed by atoms with van der Waals surface area (Å²) in [6.45, 7) is 4.61. The van der Waals surface area contributed by atoms with E-state index in [2.05, 4.69) is 6.92 Å². The van der Waals surface area contributed by atoms with Crippen molar-refractivity contribution >= 4 is 17.4 Å². The van der Waals surface area contributed by atoms with Gasteiger partial charge in [-0.25, -0.2) is 4.39 Å². The number of nitrogen functional groups attached to an aromatic ring is 1. The molecule has 1 rings (SSSR count). The molecule has 0 fully saturated rings. The number of rotatable bonds is 6. The predicted octanol–water partition coefficient (Wildman–Crippen LogP) is 3.70. The van der Waals surface area contributed by atoms with Crippen LogP contribution in [0.3, 0.4) is 0 Å². The van der Waals surface area contributed by atoms with Gasteiger partial charge in [0.05, 0.1) is 6.61 Å². The molecule has 2 N–H and O–H groups in total. The molecule has 0 bridgehead atoms. The lowest BCUT2D eigenvalue weighted by Crippen LogP contribution is -2.00. The standard InChI is InChI=1S/C12H18FNOS/c1-3-5-15-11-8-12(16-6-4-2)10(14)7-9(11)13/h7-8H,3-6,14H2,1-2H3. The van der Waals surface area contributed by atoms with Gasteiger partial charge in [-0.05, 0) is 24.7 Å². The average Bonchev–Trinajstić information content (AvgIpc) is 2.26. The molecule has 4 heteroatoms. The second-order valence-corrected chi connectivity index (χ2v) is 4.65. The fraction of sp³-hybridized carbons (Fsp3) is 0.500. The summed E-state index contributed by atoms with van der Waals surface area (Å²) in [5.74, 6) is 0.893. The predicted molar refractivity (Wildman–Crippen MR) is 67.6 cm³/mol. The summed E-state index contributed by atoms with van der Waals surface area (Å²) in [5.41, 5.74) is 6.23.